The van der Waals surface area contributed by atoms with E-state index in [9.17, 15) is 8.78 Å². The first-order chi connectivity index (χ1) is 7.59. The van der Waals surface area contributed by atoms with Gasteiger partial charge in [-0.1, -0.05) is 23.7 Å². The van der Waals surface area contributed by atoms with Gasteiger partial charge in [0.25, 0.3) is 0 Å². The van der Waals surface area contributed by atoms with Gasteiger partial charge in [-0.05, 0) is 36.8 Å². The van der Waals surface area contributed by atoms with E-state index in [1.54, 1.807) is 12.1 Å². The molecular weight excluding hydrogens is 230 g/mol. The highest BCUT2D eigenvalue weighted by atomic mass is 35.5. The fourth-order valence-electron chi connectivity index (χ4n) is 1.66. The Morgan fingerprint density at radius 2 is 1.81 bits per heavy atom. The molecule has 16 heavy (non-hydrogen) atoms. The van der Waals surface area contributed by atoms with E-state index in [2.05, 4.69) is 0 Å². The minimum absolute atomic E-state index is 0.197. The van der Waals surface area contributed by atoms with E-state index in [0.29, 0.717) is 10.6 Å². The van der Waals surface area contributed by atoms with E-state index in [4.69, 9.17) is 11.6 Å². The van der Waals surface area contributed by atoms with E-state index in [1.807, 2.05) is 13.0 Å². The van der Waals surface area contributed by atoms with Crippen LogP contribution in [0.3, 0.4) is 0 Å². The van der Waals surface area contributed by atoms with Gasteiger partial charge in [0.15, 0.2) is 0 Å². The van der Waals surface area contributed by atoms with E-state index in [0.717, 1.165) is 23.8 Å². The highest BCUT2D eigenvalue weighted by Crippen LogP contribution is 2.33. The van der Waals surface area contributed by atoms with Crippen LogP contribution in [0.5, 0.6) is 0 Å². The van der Waals surface area contributed by atoms with Gasteiger partial charge in [-0.3, -0.25) is 0 Å². The van der Waals surface area contributed by atoms with Gasteiger partial charge in [0.1, 0.15) is 11.6 Å². The number of hydrogen-bond acceptors (Lipinski definition) is 0. The van der Waals surface area contributed by atoms with Crippen LogP contribution in [0.4, 0.5) is 8.78 Å². The smallest absolute Gasteiger partial charge is 0.131 e. The van der Waals surface area contributed by atoms with Crippen molar-refractivity contribution >= 4 is 11.6 Å². The monoisotopic (exact) mass is 238 g/mol. The lowest BCUT2D eigenvalue weighted by Crippen LogP contribution is -1.90. The van der Waals surface area contributed by atoms with E-state index >= 15 is 0 Å². The summed E-state index contributed by atoms with van der Waals surface area (Å²) in [6.07, 6.45) is 0. The number of halogens is 3. The third kappa shape index (κ3) is 1.93. The lowest BCUT2D eigenvalue weighted by molar-refractivity contribution is 0.603. The van der Waals surface area contributed by atoms with Crippen molar-refractivity contribution in [2.24, 2.45) is 0 Å². The second-order valence-electron chi connectivity index (χ2n) is 3.56. The summed E-state index contributed by atoms with van der Waals surface area (Å²) in [6.45, 7) is 1.81. The number of hydrogen-bond donors (Lipinski definition) is 0. The normalized spacial score (nSPS) is 10.5. The molecule has 2 aromatic rings. The molecule has 0 saturated heterocycles. The quantitative estimate of drug-likeness (QED) is 0.682. The minimum Gasteiger partial charge on any atom is -0.207 e. The van der Waals surface area contributed by atoms with Crippen LogP contribution < -0.4 is 0 Å². The molecule has 0 radical (unpaired) electrons. The molecule has 0 aliphatic heterocycles. The van der Waals surface area contributed by atoms with Crippen LogP contribution in [0.25, 0.3) is 11.1 Å². The highest BCUT2D eigenvalue weighted by molar-refractivity contribution is 6.33. The first-order valence-corrected chi connectivity index (χ1v) is 5.18. The van der Waals surface area contributed by atoms with Crippen LogP contribution in [0.15, 0.2) is 36.4 Å². The van der Waals surface area contributed by atoms with Gasteiger partial charge in [0, 0.05) is 16.1 Å². The lowest BCUT2D eigenvalue weighted by atomic mass is 10.00. The summed E-state index contributed by atoms with van der Waals surface area (Å²) in [7, 11) is 0. The standard InChI is InChI=1S/C13H9ClF2/c1-8-3-2-4-11(14)13(8)10-7-9(15)5-6-12(10)16/h2-7H,1H3. The third-order valence-electron chi connectivity index (χ3n) is 2.42. The predicted octanol–water partition coefficient (Wildman–Crippen LogP) is 4.59. The Morgan fingerprint density at radius 3 is 2.50 bits per heavy atom. The number of rotatable bonds is 1. The maximum absolute atomic E-state index is 13.6. The summed E-state index contributed by atoms with van der Waals surface area (Å²) in [5, 5.41) is 0.421. The van der Waals surface area contributed by atoms with Crippen molar-refractivity contribution < 1.29 is 8.78 Å². The summed E-state index contributed by atoms with van der Waals surface area (Å²) in [6, 6.07) is 8.60. The first kappa shape index (κ1) is 11.1. The van der Waals surface area contributed by atoms with Crippen LogP contribution in [-0.2, 0) is 0 Å². The van der Waals surface area contributed by atoms with Gasteiger partial charge in [0.2, 0.25) is 0 Å². The molecule has 0 heterocycles. The Kier molecular flexibility index (Phi) is 2.92. The second-order valence-corrected chi connectivity index (χ2v) is 3.96. The summed E-state index contributed by atoms with van der Waals surface area (Å²) in [5.41, 5.74) is 1.56. The average molecular weight is 239 g/mol. The van der Waals surface area contributed by atoms with Crippen molar-refractivity contribution in [3.05, 3.63) is 58.6 Å². The molecule has 0 spiro atoms. The molecule has 82 valence electrons. The molecule has 0 fully saturated rings. The molecule has 0 aliphatic carbocycles. The summed E-state index contributed by atoms with van der Waals surface area (Å²) >= 11 is 6.00. The minimum atomic E-state index is -0.476. The Balaban J connectivity index is 2.72. The maximum Gasteiger partial charge on any atom is 0.131 e. The molecule has 0 amide bonds. The van der Waals surface area contributed by atoms with Gasteiger partial charge < -0.3 is 0 Å². The highest BCUT2D eigenvalue weighted by Gasteiger charge is 2.12. The Labute approximate surface area is 97.5 Å². The first-order valence-electron chi connectivity index (χ1n) is 4.80. The van der Waals surface area contributed by atoms with Gasteiger partial charge in [0.05, 0.1) is 0 Å². The zero-order valence-corrected chi connectivity index (χ0v) is 9.35. The van der Waals surface area contributed by atoms with E-state index in [1.165, 1.54) is 0 Å². The van der Waals surface area contributed by atoms with Crippen LogP contribution in [0, 0.1) is 18.6 Å². The lowest BCUT2D eigenvalue weighted by Gasteiger charge is -2.09. The van der Waals surface area contributed by atoms with Gasteiger partial charge >= 0.3 is 0 Å². The Hall–Kier alpha value is -1.41. The molecule has 0 bridgehead atoms. The summed E-state index contributed by atoms with van der Waals surface area (Å²) in [4.78, 5) is 0. The van der Waals surface area contributed by atoms with Gasteiger partial charge in [-0.15, -0.1) is 0 Å². The predicted molar refractivity (Wildman–Crippen MR) is 61.5 cm³/mol. The molecular formula is C13H9ClF2. The largest absolute Gasteiger partial charge is 0.207 e. The zero-order valence-electron chi connectivity index (χ0n) is 8.60. The summed E-state index contributed by atoms with van der Waals surface area (Å²) in [5.74, 6) is -0.951. The van der Waals surface area contributed by atoms with Crippen molar-refractivity contribution in [1.82, 2.24) is 0 Å². The van der Waals surface area contributed by atoms with E-state index < -0.39 is 11.6 Å². The maximum atomic E-state index is 13.6. The van der Waals surface area contributed by atoms with Gasteiger partial charge in [-0.25, -0.2) is 8.78 Å². The Morgan fingerprint density at radius 1 is 1.06 bits per heavy atom. The van der Waals surface area contributed by atoms with Gasteiger partial charge in [-0.2, -0.15) is 0 Å². The molecule has 0 atom stereocenters. The fraction of sp³-hybridized carbons (Fsp3) is 0.0769. The molecule has 0 unspecified atom stereocenters. The van der Waals surface area contributed by atoms with Crippen molar-refractivity contribution in [3.63, 3.8) is 0 Å². The SMILES string of the molecule is Cc1cccc(Cl)c1-c1cc(F)ccc1F. The number of aryl methyl sites for hydroxylation is 1. The zero-order chi connectivity index (χ0) is 11.7. The van der Waals surface area contributed by atoms with Crippen LogP contribution in [-0.4, -0.2) is 0 Å². The fourth-order valence-corrected chi connectivity index (χ4v) is 1.99. The molecule has 2 rings (SSSR count). The van der Waals surface area contributed by atoms with Crippen LogP contribution in [0.2, 0.25) is 5.02 Å². The second kappa shape index (κ2) is 4.22. The molecule has 0 aliphatic rings. The molecule has 0 nitrogen and oxygen atoms in total. The third-order valence-corrected chi connectivity index (χ3v) is 2.73. The summed E-state index contributed by atoms with van der Waals surface area (Å²) < 4.78 is 26.7. The molecule has 0 N–H and O–H groups in total. The van der Waals surface area contributed by atoms with E-state index in [-0.39, 0.29) is 5.56 Å². The van der Waals surface area contributed by atoms with Crippen molar-refractivity contribution in [1.29, 1.82) is 0 Å². The average Bonchev–Trinajstić information content (AvgIpc) is 2.23. The molecule has 0 saturated carbocycles. The van der Waals surface area contributed by atoms with Crippen molar-refractivity contribution in [2.45, 2.75) is 6.92 Å². The molecule has 3 heteroatoms. The van der Waals surface area contributed by atoms with Crippen molar-refractivity contribution in [3.8, 4) is 11.1 Å². The van der Waals surface area contributed by atoms with Crippen LogP contribution in [0.1, 0.15) is 5.56 Å². The molecule has 2 aromatic carbocycles. The van der Waals surface area contributed by atoms with Crippen molar-refractivity contribution in [2.75, 3.05) is 0 Å². The van der Waals surface area contributed by atoms with Crippen LogP contribution >= 0.6 is 11.6 Å². The Bertz CT molecular complexity index is 515. The number of benzene rings is 2. The molecule has 0 aromatic heterocycles. The topological polar surface area (TPSA) is 0 Å².